The Morgan fingerprint density at radius 3 is 2.25 bits per heavy atom. The zero-order valence-electron chi connectivity index (χ0n) is 26.4. The van der Waals surface area contributed by atoms with Crippen LogP contribution in [-0.2, 0) is 19.2 Å². The van der Waals surface area contributed by atoms with E-state index in [1.54, 1.807) is 24.3 Å². The van der Waals surface area contributed by atoms with Gasteiger partial charge in [0.2, 0.25) is 5.91 Å². The Morgan fingerprint density at radius 1 is 1.12 bits per heavy atom. The third kappa shape index (κ3) is 5.98. The van der Waals surface area contributed by atoms with Gasteiger partial charge in [0.05, 0.1) is 16.4 Å². The summed E-state index contributed by atoms with van der Waals surface area (Å²) < 4.78 is 36.1. The fraction of sp³-hybridized carbons (Fsp3) is 0.606. The number of sulfonamides is 1. The van der Waals surface area contributed by atoms with Crippen molar-refractivity contribution < 1.29 is 17.6 Å². The molecule has 0 unspecified atom stereocenters. The minimum Gasteiger partial charge on any atom is -0.407 e. The van der Waals surface area contributed by atoms with Crippen LogP contribution in [0.2, 0.25) is 18.1 Å². The lowest BCUT2D eigenvalue weighted by atomic mass is 9.59. The second-order valence-corrected chi connectivity index (χ2v) is 20.3. The average Bonchev–Trinajstić information content (AvgIpc) is 2.95. The largest absolute Gasteiger partial charge is 0.407 e. The number of aryl methyl sites for hydroxylation is 1. The lowest BCUT2D eigenvalue weighted by molar-refractivity contribution is -0.139. The third-order valence-corrected chi connectivity index (χ3v) is 16.2. The molecular formula is C33H51NO4SSi. The highest BCUT2D eigenvalue weighted by Gasteiger charge is 2.55. The van der Waals surface area contributed by atoms with E-state index < -0.39 is 23.8 Å². The van der Waals surface area contributed by atoms with Gasteiger partial charge in [-0.2, -0.15) is 0 Å². The number of benzene rings is 1. The van der Waals surface area contributed by atoms with Crippen molar-refractivity contribution in [3.8, 4) is 0 Å². The summed E-state index contributed by atoms with van der Waals surface area (Å²) in [5.74, 6) is -0.264. The van der Waals surface area contributed by atoms with Crippen LogP contribution in [0.25, 0.3) is 0 Å². The molecule has 1 saturated heterocycles. The molecule has 7 heteroatoms. The van der Waals surface area contributed by atoms with Gasteiger partial charge in [-0.15, -0.1) is 6.58 Å². The van der Waals surface area contributed by atoms with Crippen molar-refractivity contribution >= 4 is 24.2 Å². The normalized spacial score (nSPS) is 27.8. The summed E-state index contributed by atoms with van der Waals surface area (Å²) >= 11 is 0. The fourth-order valence-corrected chi connectivity index (χ4v) is 8.91. The monoisotopic (exact) mass is 585 g/mol. The molecule has 0 N–H and O–H groups in total. The molecule has 1 amide bonds. The highest BCUT2D eigenvalue weighted by Crippen LogP contribution is 2.54. The fourth-order valence-electron chi connectivity index (χ4n) is 6.12. The molecule has 1 fully saturated rings. The van der Waals surface area contributed by atoms with Gasteiger partial charge in [-0.25, -0.2) is 12.7 Å². The smallest absolute Gasteiger partial charge is 0.266 e. The number of hydrogen-bond acceptors (Lipinski definition) is 4. The van der Waals surface area contributed by atoms with Gasteiger partial charge >= 0.3 is 0 Å². The molecular weight excluding hydrogens is 535 g/mol. The van der Waals surface area contributed by atoms with E-state index in [4.69, 9.17) is 4.43 Å². The van der Waals surface area contributed by atoms with E-state index in [0.29, 0.717) is 19.3 Å². The van der Waals surface area contributed by atoms with Gasteiger partial charge in [-0.1, -0.05) is 76.1 Å². The molecule has 2 aliphatic rings. The number of allylic oxidation sites excluding steroid dienone is 3. The van der Waals surface area contributed by atoms with E-state index in [1.807, 2.05) is 26.0 Å². The van der Waals surface area contributed by atoms with Gasteiger partial charge in [0.25, 0.3) is 10.0 Å². The number of nitrogens with zero attached hydrogens (tertiary/aromatic N) is 1. The van der Waals surface area contributed by atoms with Crippen LogP contribution in [-0.4, -0.2) is 39.6 Å². The molecule has 40 heavy (non-hydrogen) atoms. The molecule has 1 aromatic carbocycles. The molecule has 5 nitrogen and oxygen atoms in total. The molecule has 222 valence electrons. The SMILES string of the molecule is C=C[C@H](O[Si](C)(C)C(C)(C)C)C1=C(C)[C@H](/C=C\C)[C@@]2(CC1)C[C@H](C)[C@@H](C)CN(S(=O)(=O)c1ccc(C)cc1)C2=O. The van der Waals surface area contributed by atoms with Crippen LogP contribution in [0.4, 0.5) is 0 Å². The summed E-state index contributed by atoms with van der Waals surface area (Å²) in [6.07, 6.45) is 7.69. The van der Waals surface area contributed by atoms with Crippen LogP contribution in [0.1, 0.15) is 73.3 Å². The zero-order chi connectivity index (χ0) is 30.3. The van der Waals surface area contributed by atoms with E-state index in [-0.39, 0.29) is 46.2 Å². The van der Waals surface area contributed by atoms with Gasteiger partial charge in [-0.05, 0) is 87.7 Å². The Bertz CT molecular complexity index is 1270. The second-order valence-electron chi connectivity index (χ2n) is 13.7. The van der Waals surface area contributed by atoms with Crippen molar-refractivity contribution in [2.75, 3.05) is 6.54 Å². The van der Waals surface area contributed by atoms with Crippen LogP contribution in [0, 0.1) is 30.1 Å². The summed E-state index contributed by atoms with van der Waals surface area (Å²) in [4.78, 5) is 14.9. The van der Waals surface area contributed by atoms with Gasteiger partial charge in [0.1, 0.15) is 0 Å². The minimum atomic E-state index is -4.01. The van der Waals surface area contributed by atoms with Crippen LogP contribution in [0.3, 0.4) is 0 Å². The van der Waals surface area contributed by atoms with Crippen molar-refractivity contribution in [1.82, 2.24) is 4.31 Å². The topological polar surface area (TPSA) is 63.7 Å². The number of hydrogen-bond donors (Lipinski definition) is 0. The molecule has 1 aromatic rings. The van der Waals surface area contributed by atoms with Gasteiger partial charge in [-0.3, -0.25) is 4.79 Å². The summed E-state index contributed by atoms with van der Waals surface area (Å²) in [6.45, 7) is 25.8. The standard InChI is InChI=1S/C33H51NO4SSi/c1-12-14-29-26(6)28(30(13-2)38-40(10,11)32(7,8)9)19-20-33(29)21-24(4)25(5)22-34(31(33)35)39(36,37)27-17-15-23(3)16-18-27/h12-18,24-25,29-30H,2,19-22H2,1,3-11H3/b14-12-/t24-,25-,29-,30-,33+/m0/s1. The lowest BCUT2D eigenvalue weighted by Crippen LogP contribution is -2.51. The van der Waals surface area contributed by atoms with Crippen LogP contribution in [0.15, 0.2) is 65.1 Å². The van der Waals surface area contributed by atoms with E-state index in [1.165, 1.54) is 9.88 Å². The van der Waals surface area contributed by atoms with Crippen molar-refractivity contribution in [3.63, 3.8) is 0 Å². The number of carbonyl (C=O) groups excluding carboxylic acids is 1. The van der Waals surface area contributed by atoms with E-state index >= 15 is 0 Å². The summed E-state index contributed by atoms with van der Waals surface area (Å²) in [5.41, 5.74) is 2.42. The predicted molar refractivity (Wildman–Crippen MR) is 168 cm³/mol. The van der Waals surface area contributed by atoms with Gasteiger partial charge in [0, 0.05) is 12.5 Å². The molecule has 1 aliphatic heterocycles. The molecule has 0 radical (unpaired) electrons. The van der Waals surface area contributed by atoms with Crippen molar-refractivity contribution in [3.05, 3.63) is 65.8 Å². The average molecular weight is 586 g/mol. The Hall–Kier alpha value is -1.96. The maximum atomic E-state index is 14.7. The predicted octanol–water partition coefficient (Wildman–Crippen LogP) is 8.05. The lowest BCUT2D eigenvalue weighted by Gasteiger charge is -2.47. The molecule has 0 saturated carbocycles. The summed E-state index contributed by atoms with van der Waals surface area (Å²) in [5, 5.41) is 0.0506. The number of amides is 1. The first-order chi connectivity index (χ1) is 18.4. The quantitative estimate of drug-likeness (QED) is 0.240. The summed E-state index contributed by atoms with van der Waals surface area (Å²) in [6, 6.07) is 6.81. The van der Waals surface area contributed by atoms with Crippen molar-refractivity contribution in [2.45, 2.75) is 104 Å². The van der Waals surface area contributed by atoms with E-state index in [2.05, 4.69) is 67.3 Å². The highest BCUT2D eigenvalue weighted by molar-refractivity contribution is 7.89. The molecule has 1 aliphatic carbocycles. The van der Waals surface area contributed by atoms with Crippen LogP contribution < -0.4 is 0 Å². The third-order valence-electron chi connectivity index (χ3n) is 9.95. The Labute approximate surface area is 245 Å². The molecule has 0 aromatic heterocycles. The Kier molecular flexibility index (Phi) is 9.54. The Balaban J connectivity index is 2.15. The molecule has 3 rings (SSSR count). The summed E-state index contributed by atoms with van der Waals surface area (Å²) in [7, 11) is -6.09. The molecule has 0 bridgehead atoms. The first-order valence-corrected chi connectivity index (χ1v) is 19.0. The highest BCUT2D eigenvalue weighted by atomic mass is 32.2. The maximum Gasteiger partial charge on any atom is 0.266 e. The molecule has 1 spiro atoms. The Morgan fingerprint density at radius 2 is 1.73 bits per heavy atom. The molecule has 1 heterocycles. The maximum absolute atomic E-state index is 14.7. The van der Waals surface area contributed by atoms with E-state index in [9.17, 15) is 13.2 Å². The van der Waals surface area contributed by atoms with E-state index in [0.717, 1.165) is 11.1 Å². The number of carbonyl (C=O) groups is 1. The number of rotatable bonds is 7. The first kappa shape index (κ1) is 32.6. The van der Waals surface area contributed by atoms with Crippen molar-refractivity contribution in [1.29, 1.82) is 0 Å². The van der Waals surface area contributed by atoms with Crippen LogP contribution in [0.5, 0.6) is 0 Å². The minimum absolute atomic E-state index is 0.0447. The van der Waals surface area contributed by atoms with Gasteiger partial charge < -0.3 is 4.43 Å². The van der Waals surface area contributed by atoms with Gasteiger partial charge in [0.15, 0.2) is 8.32 Å². The second kappa shape index (κ2) is 11.7. The van der Waals surface area contributed by atoms with Crippen molar-refractivity contribution in [2.24, 2.45) is 23.2 Å². The first-order valence-electron chi connectivity index (χ1n) is 14.7. The van der Waals surface area contributed by atoms with Crippen LogP contribution >= 0.6 is 0 Å². The zero-order valence-corrected chi connectivity index (χ0v) is 28.2. The molecule has 5 atom stereocenters.